The lowest BCUT2D eigenvalue weighted by atomic mass is 9.97. The van der Waals surface area contributed by atoms with Crippen LogP contribution in [0.2, 0.25) is 0 Å². The van der Waals surface area contributed by atoms with Gasteiger partial charge in [-0.3, -0.25) is 15.6 Å². The SMILES string of the molecule is COc1ccc2cc([C@H](C)C(=O)NNC(=S)NCc3ccc(F)cc3)ccc2c1. The summed E-state index contributed by atoms with van der Waals surface area (Å²) < 4.78 is 18.2. The maximum Gasteiger partial charge on any atom is 0.245 e. The van der Waals surface area contributed by atoms with Crippen molar-refractivity contribution < 1.29 is 13.9 Å². The first-order valence-electron chi connectivity index (χ1n) is 9.12. The average molecular weight is 412 g/mol. The summed E-state index contributed by atoms with van der Waals surface area (Å²) >= 11 is 5.16. The molecule has 0 fully saturated rings. The minimum Gasteiger partial charge on any atom is -0.497 e. The number of carbonyl (C=O) groups excluding carboxylic acids is 1. The van der Waals surface area contributed by atoms with Crippen LogP contribution in [0, 0.1) is 5.82 Å². The summed E-state index contributed by atoms with van der Waals surface area (Å²) in [4.78, 5) is 12.5. The Bertz CT molecular complexity index is 1020. The Hall–Kier alpha value is -3.19. The Morgan fingerprint density at radius 1 is 1.03 bits per heavy atom. The summed E-state index contributed by atoms with van der Waals surface area (Å²) in [7, 11) is 1.63. The quantitative estimate of drug-likeness (QED) is 0.441. The smallest absolute Gasteiger partial charge is 0.245 e. The van der Waals surface area contributed by atoms with Crippen LogP contribution in [-0.2, 0) is 11.3 Å². The number of rotatable bonds is 5. The normalized spacial score (nSPS) is 11.6. The van der Waals surface area contributed by atoms with E-state index in [4.69, 9.17) is 17.0 Å². The standard InChI is InChI=1S/C22H22FN3O2S/c1-14(16-5-6-18-12-20(28-2)10-7-17(18)11-16)21(27)25-26-22(29)24-13-15-3-8-19(23)9-4-15/h3-12,14H,13H2,1-2H3,(H,25,27)(H2,24,26,29)/t14-/m0/s1. The van der Waals surface area contributed by atoms with Crippen molar-refractivity contribution >= 4 is 34.0 Å². The molecule has 3 rings (SSSR count). The molecule has 0 aliphatic heterocycles. The van der Waals surface area contributed by atoms with Gasteiger partial charge in [-0.05, 0) is 65.3 Å². The Kier molecular flexibility index (Phi) is 6.61. The second kappa shape index (κ2) is 9.34. The molecule has 0 saturated carbocycles. The van der Waals surface area contributed by atoms with Crippen molar-refractivity contribution in [1.82, 2.24) is 16.2 Å². The van der Waals surface area contributed by atoms with E-state index in [1.807, 2.05) is 43.3 Å². The number of ether oxygens (including phenoxy) is 1. The predicted molar refractivity (Wildman–Crippen MR) is 116 cm³/mol. The molecule has 1 atom stereocenters. The summed E-state index contributed by atoms with van der Waals surface area (Å²) in [5, 5.41) is 5.32. The Morgan fingerprint density at radius 3 is 2.45 bits per heavy atom. The summed E-state index contributed by atoms with van der Waals surface area (Å²) in [6.07, 6.45) is 0. The van der Waals surface area contributed by atoms with Gasteiger partial charge >= 0.3 is 0 Å². The molecule has 3 N–H and O–H groups in total. The van der Waals surface area contributed by atoms with Crippen LogP contribution in [0.5, 0.6) is 5.75 Å². The zero-order valence-electron chi connectivity index (χ0n) is 16.2. The number of thiocarbonyl (C=S) groups is 1. The van der Waals surface area contributed by atoms with Crippen molar-refractivity contribution in [2.75, 3.05) is 7.11 Å². The molecular weight excluding hydrogens is 389 g/mol. The van der Waals surface area contributed by atoms with Crippen molar-refractivity contribution in [3.63, 3.8) is 0 Å². The van der Waals surface area contributed by atoms with E-state index < -0.39 is 0 Å². The van der Waals surface area contributed by atoms with Gasteiger partial charge in [0.15, 0.2) is 5.11 Å². The predicted octanol–water partition coefficient (Wildman–Crippen LogP) is 3.79. The number of nitrogens with one attached hydrogen (secondary N) is 3. The van der Waals surface area contributed by atoms with E-state index >= 15 is 0 Å². The molecule has 0 spiro atoms. The van der Waals surface area contributed by atoms with Gasteiger partial charge < -0.3 is 10.1 Å². The molecule has 29 heavy (non-hydrogen) atoms. The van der Waals surface area contributed by atoms with Crippen LogP contribution < -0.4 is 20.9 Å². The first-order valence-corrected chi connectivity index (χ1v) is 9.53. The molecule has 0 unspecified atom stereocenters. The molecule has 5 nitrogen and oxygen atoms in total. The maximum absolute atomic E-state index is 12.9. The number of hydrogen-bond acceptors (Lipinski definition) is 3. The van der Waals surface area contributed by atoms with Crippen molar-refractivity contribution in [3.05, 3.63) is 77.6 Å². The number of methoxy groups -OCH3 is 1. The second-order valence-corrected chi connectivity index (χ2v) is 7.03. The number of halogens is 1. The number of hydrazine groups is 1. The average Bonchev–Trinajstić information content (AvgIpc) is 2.75. The van der Waals surface area contributed by atoms with Crippen LogP contribution in [0.1, 0.15) is 24.0 Å². The zero-order valence-corrected chi connectivity index (χ0v) is 17.0. The van der Waals surface area contributed by atoms with Gasteiger partial charge in [-0.1, -0.05) is 36.4 Å². The lowest BCUT2D eigenvalue weighted by Crippen LogP contribution is -2.47. The molecule has 150 valence electrons. The molecule has 0 bridgehead atoms. The fourth-order valence-electron chi connectivity index (χ4n) is 2.85. The summed E-state index contributed by atoms with van der Waals surface area (Å²) in [6.45, 7) is 2.25. The summed E-state index contributed by atoms with van der Waals surface area (Å²) in [6, 6.07) is 17.8. The lowest BCUT2D eigenvalue weighted by molar-refractivity contribution is -0.122. The van der Waals surface area contributed by atoms with Crippen LogP contribution in [0.15, 0.2) is 60.7 Å². The van der Waals surface area contributed by atoms with Gasteiger partial charge in [0.2, 0.25) is 5.91 Å². The van der Waals surface area contributed by atoms with E-state index in [0.29, 0.717) is 6.54 Å². The third kappa shape index (κ3) is 5.42. The van der Waals surface area contributed by atoms with E-state index in [1.54, 1.807) is 19.2 Å². The Labute approximate surface area is 174 Å². The van der Waals surface area contributed by atoms with Crippen LogP contribution in [0.3, 0.4) is 0 Å². The minimum absolute atomic E-state index is 0.205. The number of benzene rings is 3. The van der Waals surface area contributed by atoms with Gasteiger partial charge in [0.1, 0.15) is 11.6 Å². The van der Waals surface area contributed by atoms with Gasteiger partial charge in [0, 0.05) is 6.54 Å². The third-order valence-electron chi connectivity index (χ3n) is 4.63. The highest BCUT2D eigenvalue weighted by Gasteiger charge is 2.16. The lowest BCUT2D eigenvalue weighted by Gasteiger charge is -2.16. The number of fused-ring (bicyclic) bond motifs is 1. The van der Waals surface area contributed by atoms with Gasteiger partial charge in [-0.2, -0.15) is 0 Å². The third-order valence-corrected chi connectivity index (χ3v) is 4.88. The molecule has 1 amide bonds. The molecule has 0 aliphatic rings. The van der Waals surface area contributed by atoms with Gasteiger partial charge in [0.25, 0.3) is 0 Å². The molecule has 3 aromatic rings. The molecule has 0 radical (unpaired) electrons. The molecule has 0 aliphatic carbocycles. The highest BCUT2D eigenvalue weighted by Crippen LogP contribution is 2.25. The van der Waals surface area contributed by atoms with Crippen molar-refractivity contribution in [1.29, 1.82) is 0 Å². The molecule has 0 aromatic heterocycles. The number of carbonyl (C=O) groups is 1. The van der Waals surface area contributed by atoms with Gasteiger partial charge in [-0.25, -0.2) is 4.39 Å². The molecule has 3 aromatic carbocycles. The second-order valence-electron chi connectivity index (χ2n) is 6.62. The van der Waals surface area contributed by atoms with Crippen molar-refractivity contribution in [2.45, 2.75) is 19.4 Å². The van der Waals surface area contributed by atoms with E-state index in [1.165, 1.54) is 12.1 Å². The van der Waals surface area contributed by atoms with Crippen LogP contribution >= 0.6 is 12.2 Å². The topological polar surface area (TPSA) is 62.4 Å². The summed E-state index contributed by atoms with van der Waals surface area (Å²) in [5.41, 5.74) is 7.09. The molecule has 7 heteroatoms. The van der Waals surface area contributed by atoms with E-state index in [9.17, 15) is 9.18 Å². The van der Waals surface area contributed by atoms with Gasteiger partial charge in [-0.15, -0.1) is 0 Å². The van der Waals surface area contributed by atoms with E-state index in [-0.39, 0.29) is 22.8 Å². The van der Waals surface area contributed by atoms with Crippen LogP contribution in [0.25, 0.3) is 10.8 Å². The Morgan fingerprint density at radius 2 is 1.72 bits per heavy atom. The number of hydrogen-bond donors (Lipinski definition) is 3. The first-order chi connectivity index (χ1) is 14.0. The number of amides is 1. The van der Waals surface area contributed by atoms with E-state index in [2.05, 4.69) is 16.2 Å². The fourth-order valence-corrected chi connectivity index (χ4v) is 2.97. The Balaban J connectivity index is 1.53. The monoisotopic (exact) mass is 411 g/mol. The first kappa shape index (κ1) is 20.5. The minimum atomic E-state index is -0.367. The maximum atomic E-state index is 12.9. The highest BCUT2D eigenvalue weighted by atomic mass is 32.1. The van der Waals surface area contributed by atoms with Crippen molar-refractivity contribution in [3.8, 4) is 5.75 Å². The van der Waals surface area contributed by atoms with Crippen LogP contribution in [-0.4, -0.2) is 18.1 Å². The fraction of sp³-hybridized carbons (Fsp3) is 0.182. The largest absolute Gasteiger partial charge is 0.497 e. The zero-order chi connectivity index (χ0) is 20.8. The van der Waals surface area contributed by atoms with Crippen LogP contribution in [0.4, 0.5) is 4.39 Å². The van der Waals surface area contributed by atoms with E-state index in [0.717, 1.165) is 27.6 Å². The summed E-state index contributed by atoms with van der Waals surface area (Å²) in [5.74, 6) is -0.0666. The van der Waals surface area contributed by atoms with Gasteiger partial charge in [0.05, 0.1) is 13.0 Å². The molecule has 0 heterocycles. The highest BCUT2D eigenvalue weighted by molar-refractivity contribution is 7.80. The molecule has 0 saturated heterocycles. The molecular formula is C22H22FN3O2S. The van der Waals surface area contributed by atoms with Crippen molar-refractivity contribution in [2.24, 2.45) is 0 Å².